The van der Waals surface area contributed by atoms with Crippen LogP contribution >= 0.6 is 7.82 Å². The van der Waals surface area contributed by atoms with Crippen molar-refractivity contribution >= 4 is 19.8 Å². The lowest BCUT2D eigenvalue weighted by atomic mass is 9.92. The van der Waals surface area contributed by atoms with Gasteiger partial charge in [0.05, 0.1) is 17.8 Å². The highest BCUT2D eigenvalue weighted by Gasteiger charge is 2.64. The summed E-state index contributed by atoms with van der Waals surface area (Å²) in [7, 11) is -3.63. The Hall–Kier alpha value is -1.98. The zero-order valence-corrected chi connectivity index (χ0v) is 32.4. The minimum Gasteiger partial charge on any atom is -0.462 e. The van der Waals surface area contributed by atoms with Crippen LogP contribution in [0.5, 0.6) is 0 Å². The van der Waals surface area contributed by atoms with Crippen LogP contribution in [0.2, 0.25) is 0 Å². The van der Waals surface area contributed by atoms with Gasteiger partial charge in [-0.25, -0.2) is 9.36 Å². The van der Waals surface area contributed by atoms with Crippen LogP contribution in [0, 0.1) is 0 Å². The number of benzene rings is 1. The number of carbonyl (C=O) groups excluding carboxylic acids is 2. The quantitative estimate of drug-likeness (QED) is 0.0550. The molecule has 9 nitrogen and oxygen atoms in total. The molecule has 0 bridgehead atoms. The molecule has 1 aromatic rings. The molecule has 290 valence electrons. The van der Waals surface area contributed by atoms with Gasteiger partial charge in [-0.1, -0.05) is 114 Å². The van der Waals surface area contributed by atoms with Gasteiger partial charge in [-0.05, 0) is 48.0 Å². The highest BCUT2D eigenvalue weighted by Crippen LogP contribution is 2.55. The van der Waals surface area contributed by atoms with Gasteiger partial charge in [-0.15, -0.1) is 0 Å². The topological polar surface area (TPSA) is 107 Å². The fourth-order valence-electron chi connectivity index (χ4n) is 5.20. The third-order valence-electron chi connectivity index (χ3n) is 7.55. The van der Waals surface area contributed by atoms with E-state index in [-0.39, 0.29) is 6.42 Å². The number of methoxy groups -OCH3 is 1. The van der Waals surface area contributed by atoms with E-state index in [1.165, 1.54) is 69.6 Å². The number of carbonyl (C=O) groups is 2. The van der Waals surface area contributed by atoms with Crippen LogP contribution in [0.15, 0.2) is 30.3 Å². The molecule has 0 aromatic heterocycles. The number of halogens is 3. The first-order chi connectivity index (χ1) is 23.3. The normalized spacial score (nSPS) is 14.6. The average molecular weight is 739 g/mol. The Balaban J connectivity index is 2.91. The van der Waals surface area contributed by atoms with Crippen LogP contribution in [0.4, 0.5) is 13.2 Å². The molecule has 0 saturated heterocycles. The molecular weight excluding hydrogens is 676 g/mol. The average Bonchev–Trinajstić information content (AvgIpc) is 2.99. The number of ether oxygens (including phenoxy) is 3. The zero-order chi connectivity index (χ0) is 37.9. The first kappa shape index (κ1) is 46.0. The van der Waals surface area contributed by atoms with Crippen LogP contribution in [0.3, 0.4) is 0 Å². The first-order valence-corrected chi connectivity index (χ1v) is 19.4. The van der Waals surface area contributed by atoms with Gasteiger partial charge >= 0.3 is 25.9 Å². The maximum absolute atomic E-state index is 14.6. The van der Waals surface area contributed by atoms with Gasteiger partial charge in [0.25, 0.3) is 5.60 Å². The van der Waals surface area contributed by atoms with E-state index < -0.39 is 67.6 Å². The fourth-order valence-corrected chi connectivity index (χ4v) is 7.03. The summed E-state index contributed by atoms with van der Waals surface area (Å²) in [6.07, 6.45) is 8.03. The van der Waals surface area contributed by atoms with E-state index >= 15 is 0 Å². The summed E-state index contributed by atoms with van der Waals surface area (Å²) >= 11 is 0. The summed E-state index contributed by atoms with van der Waals surface area (Å²) < 4.78 is 89.4. The number of hydrogen-bond acceptors (Lipinski definition) is 9. The molecule has 1 aromatic carbocycles. The summed E-state index contributed by atoms with van der Waals surface area (Å²) in [6.45, 7) is 10.5. The third kappa shape index (κ3) is 18.0. The van der Waals surface area contributed by atoms with Crippen molar-refractivity contribution < 1.29 is 55.1 Å². The maximum atomic E-state index is 14.6. The van der Waals surface area contributed by atoms with Crippen molar-refractivity contribution in [1.29, 1.82) is 0 Å². The number of rotatable bonds is 25. The molecule has 0 heterocycles. The minimum atomic E-state index is -5.24. The Morgan fingerprint density at radius 3 is 1.60 bits per heavy atom. The molecule has 0 saturated carbocycles. The van der Waals surface area contributed by atoms with Crippen LogP contribution in [-0.4, -0.2) is 55.7 Å². The second kappa shape index (κ2) is 22.2. The van der Waals surface area contributed by atoms with E-state index in [1.54, 1.807) is 41.5 Å². The van der Waals surface area contributed by atoms with Crippen LogP contribution in [-0.2, 0) is 47.5 Å². The Morgan fingerprint density at radius 1 is 0.720 bits per heavy atom. The molecular formula is C37H62F3O9P. The van der Waals surface area contributed by atoms with Crippen molar-refractivity contribution in [3.05, 3.63) is 35.9 Å². The smallest absolute Gasteiger partial charge is 0.462 e. The van der Waals surface area contributed by atoms with E-state index in [1.807, 2.05) is 0 Å². The van der Waals surface area contributed by atoms with Crippen molar-refractivity contribution in [2.75, 3.05) is 20.3 Å². The number of alkyl halides is 3. The SMILES string of the molecule is CCCCCCCCCCCCCCCC(=O)OC[C@H](COP(=O)(OC(C)(C)C)OC(C)(C)C)OC(=O)[C@@](OC)(c1ccccc1)C(F)(F)F. The molecule has 13 heteroatoms. The Bertz CT molecular complexity index is 1130. The lowest BCUT2D eigenvalue weighted by molar-refractivity contribution is -0.279. The molecule has 0 aliphatic heterocycles. The van der Waals surface area contributed by atoms with E-state index in [9.17, 15) is 27.3 Å². The largest absolute Gasteiger partial charge is 0.475 e. The Labute approximate surface area is 298 Å². The van der Waals surface area contributed by atoms with Crippen molar-refractivity contribution in [2.45, 2.75) is 167 Å². The van der Waals surface area contributed by atoms with Crippen LogP contribution in [0.1, 0.15) is 144 Å². The van der Waals surface area contributed by atoms with E-state index in [0.29, 0.717) is 6.42 Å². The standard InChI is InChI=1S/C37H62F3O9P/c1-9-10-11-12-13-14-15-16-17-18-19-20-24-27-32(41)45-28-31(29-46-50(43,48-34(2,3)4)49-35(5,6)7)47-33(42)36(44-8,37(38,39)40)30-25-22-21-23-26-30/h21-23,25-26,31H,9-20,24,27-29H2,1-8H3/t31-,36+/m1/s1. The predicted molar refractivity (Wildman–Crippen MR) is 188 cm³/mol. The number of esters is 2. The minimum absolute atomic E-state index is 0.0760. The number of phosphoric ester groups is 1. The van der Waals surface area contributed by atoms with Crippen molar-refractivity contribution in [3.63, 3.8) is 0 Å². The zero-order valence-electron chi connectivity index (χ0n) is 31.5. The third-order valence-corrected chi connectivity index (χ3v) is 9.56. The molecule has 0 unspecified atom stereocenters. The highest BCUT2D eigenvalue weighted by molar-refractivity contribution is 7.48. The van der Waals surface area contributed by atoms with Crippen molar-refractivity contribution in [3.8, 4) is 0 Å². The van der Waals surface area contributed by atoms with Gasteiger partial charge in [0.2, 0.25) is 0 Å². The van der Waals surface area contributed by atoms with Crippen LogP contribution in [0.25, 0.3) is 0 Å². The molecule has 0 fully saturated rings. The van der Waals surface area contributed by atoms with Gasteiger partial charge in [-0.2, -0.15) is 13.2 Å². The highest BCUT2D eigenvalue weighted by atomic mass is 31.2. The van der Waals surface area contributed by atoms with Gasteiger partial charge < -0.3 is 14.2 Å². The number of phosphoric acid groups is 1. The van der Waals surface area contributed by atoms with E-state index in [2.05, 4.69) is 6.92 Å². The van der Waals surface area contributed by atoms with Crippen LogP contribution < -0.4 is 0 Å². The molecule has 50 heavy (non-hydrogen) atoms. The summed E-state index contributed by atoms with van der Waals surface area (Å²) in [6, 6.07) is 6.31. The molecule has 2 atom stereocenters. The van der Waals surface area contributed by atoms with Gasteiger partial charge in [0.1, 0.15) is 6.61 Å². The lowest BCUT2D eigenvalue weighted by Crippen LogP contribution is -2.53. The predicted octanol–water partition coefficient (Wildman–Crippen LogP) is 10.8. The molecule has 0 radical (unpaired) electrons. The van der Waals surface area contributed by atoms with Crippen molar-refractivity contribution in [1.82, 2.24) is 0 Å². The molecule has 0 aliphatic rings. The molecule has 0 amide bonds. The second-order valence-corrected chi connectivity index (χ2v) is 16.1. The second-order valence-electron chi connectivity index (χ2n) is 14.6. The monoisotopic (exact) mass is 738 g/mol. The summed E-state index contributed by atoms with van der Waals surface area (Å²) in [5, 5.41) is 0. The molecule has 0 aliphatic carbocycles. The van der Waals surface area contributed by atoms with E-state index in [4.69, 9.17) is 27.8 Å². The van der Waals surface area contributed by atoms with Crippen molar-refractivity contribution in [2.24, 2.45) is 0 Å². The number of hydrogen-bond donors (Lipinski definition) is 0. The Kier molecular flexibility index (Phi) is 20.4. The summed E-state index contributed by atoms with van der Waals surface area (Å²) in [5.41, 5.74) is -6.04. The summed E-state index contributed by atoms with van der Waals surface area (Å²) in [5.74, 6) is -2.44. The summed E-state index contributed by atoms with van der Waals surface area (Å²) in [4.78, 5) is 26.0. The van der Waals surface area contributed by atoms with Gasteiger partial charge in [-0.3, -0.25) is 18.4 Å². The Morgan fingerprint density at radius 2 is 1.18 bits per heavy atom. The van der Waals surface area contributed by atoms with Gasteiger partial charge in [0, 0.05) is 19.1 Å². The fraction of sp³-hybridized carbons (Fsp3) is 0.784. The molecule has 1 rings (SSSR count). The number of unbranched alkanes of at least 4 members (excludes halogenated alkanes) is 12. The maximum Gasteiger partial charge on any atom is 0.475 e. The lowest BCUT2D eigenvalue weighted by Gasteiger charge is -2.34. The molecule has 0 spiro atoms. The van der Waals surface area contributed by atoms with Gasteiger partial charge in [0.15, 0.2) is 6.10 Å². The van der Waals surface area contributed by atoms with E-state index in [0.717, 1.165) is 44.9 Å². The molecule has 0 N–H and O–H groups in total. The first-order valence-electron chi connectivity index (χ1n) is 18.0.